The van der Waals surface area contributed by atoms with E-state index in [1.807, 2.05) is 29.2 Å². The van der Waals surface area contributed by atoms with E-state index in [-0.39, 0.29) is 11.9 Å². The quantitative estimate of drug-likeness (QED) is 0.673. The Hall–Kier alpha value is -1.83. The van der Waals surface area contributed by atoms with Crippen LogP contribution >= 0.6 is 0 Å². The van der Waals surface area contributed by atoms with E-state index in [1.54, 1.807) is 0 Å². The number of fused-ring (bicyclic) bond motifs is 1. The lowest BCUT2D eigenvalue weighted by atomic mass is 9.94. The van der Waals surface area contributed by atoms with Crippen molar-refractivity contribution in [1.82, 2.24) is 4.90 Å². The van der Waals surface area contributed by atoms with Crippen LogP contribution in [0.4, 0.5) is 0 Å². The minimum Gasteiger partial charge on any atom is -0.331 e. The van der Waals surface area contributed by atoms with Crippen LogP contribution in [0.5, 0.6) is 0 Å². The van der Waals surface area contributed by atoms with Crippen LogP contribution in [0.15, 0.2) is 48.6 Å². The molecule has 0 unspecified atom stereocenters. The molecule has 2 aliphatic rings. The summed E-state index contributed by atoms with van der Waals surface area (Å²) in [6.07, 6.45) is 7.90. The van der Waals surface area contributed by atoms with Gasteiger partial charge in [-0.15, -0.1) is 0 Å². The van der Waals surface area contributed by atoms with Gasteiger partial charge in [0.25, 0.3) is 0 Å². The zero-order valence-electron chi connectivity index (χ0n) is 9.67. The third-order valence-corrected chi connectivity index (χ3v) is 3.46. The molecule has 2 aliphatic heterocycles. The van der Waals surface area contributed by atoms with Crippen molar-refractivity contribution in [1.29, 1.82) is 0 Å². The first-order valence-corrected chi connectivity index (χ1v) is 6.05. The molecule has 3 rings (SSSR count). The first-order valence-electron chi connectivity index (χ1n) is 6.05. The normalized spacial score (nSPS) is 23.3. The summed E-state index contributed by atoms with van der Waals surface area (Å²) in [5, 5.41) is 0. The highest BCUT2D eigenvalue weighted by Crippen LogP contribution is 2.27. The minimum atomic E-state index is 0.249. The van der Waals surface area contributed by atoms with Gasteiger partial charge in [0.05, 0.1) is 6.04 Å². The number of rotatable bonds is 1. The number of carbonyl (C=O) groups is 1. The molecule has 86 valence electrons. The van der Waals surface area contributed by atoms with Gasteiger partial charge in [0, 0.05) is 13.0 Å². The van der Waals surface area contributed by atoms with Crippen LogP contribution in [0.1, 0.15) is 18.4 Å². The van der Waals surface area contributed by atoms with E-state index >= 15 is 0 Å². The largest absolute Gasteiger partial charge is 0.331 e. The third kappa shape index (κ3) is 1.91. The standard InChI is InChI=1S/C15H15NO/c17-15-8-4-7-14-10-9-13(11-16(14)15)12-5-2-1-3-6-12/h1-7,9,14H,8,10-11H2/t14-/m1/s1. The maximum absolute atomic E-state index is 11.9. The smallest absolute Gasteiger partial charge is 0.227 e. The molecular weight excluding hydrogens is 210 g/mol. The molecule has 0 N–H and O–H groups in total. The third-order valence-electron chi connectivity index (χ3n) is 3.46. The highest BCUT2D eigenvalue weighted by atomic mass is 16.2. The van der Waals surface area contributed by atoms with Gasteiger partial charge in [0.15, 0.2) is 0 Å². The zero-order chi connectivity index (χ0) is 11.7. The van der Waals surface area contributed by atoms with Crippen LogP contribution in [0.3, 0.4) is 0 Å². The molecule has 2 nitrogen and oxygen atoms in total. The summed E-state index contributed by atoms with van der Waals surface area (Å²) in [4.78, 5) is 13.8. The summed E-state index contributed by atoms with van der Waals surface area (Å²) in [5.74, 6) is 0.249. The lowest BCUT2D eigenvalue weighted by molar-refractivity contribution is -0.131. The predicted octanol–water partition coefficient (Wildman–Crippen LogP) is 2.63. The lowest BCUT2D eigenvalue weighted by Gasteiger charge is -2.36. The number of carbonyl (C=O) groups excluding carboxylic acids is 1. The molecule has 17 heavy (non-hydrogen) atoms. The second-order valence-corrected chi connectivity index (χ2v) is 4.55. The Labute approximate surface area is 101 Å². The number of benzene rings is 1. The van der Waals surface area contributed by atoms with Crippen molar-refractivity contribution in [2.24, 2.45) is 0 Å². The molecule has 0 aromatic heterocycles. The fraction of sp³-hybridized carbons (Fsp3) is 0.267. The van der Waals surface area contributed by atoms with Gasteiger partial charge in [0.1, 0.15) is 0 Å². The first-order chi connectivity index (χ1) is 8.34. The monoisotopic (exact) mass is 225 g/mol. The number of hydrogen-bond acceptors (Lipinski definition) is 1. The molecule has 1 atom stereocenters. The van der Waals surface area contributed by atoms with Gasteiger partial charge >= 0.3 is 0 Å². The van der Waals surface area contributed by atoms with E-state index in [1.165, 1.54) is 11.1 Å². The molecule has 2 heteroatoms. The summed E-state index contributed by atoms with van der Waals surface area (Å²) in [6.45, 7) is 0.748. The Morgan fingerprint density at radius 3 is 2.82 bits per heavy atom. The highest BCUT2D eigenvalue weighted by molar-refractivity contribution is 5.83. The minimum absolute atomic E-state index is 0.249. The molecule has 1 amide bonds. The topological polar surface area (TPSA) is 20.3 Å². The first kappa shape index (κ1) is 10.3. The van der Waals surface area contributed by atoms with Crippen LogP contribution in [0.25, 0.3) is 5.57 Å². The molecule has 0 saturated carbocycles. The second kappa shape index (κ2) is 4.21. The van der Waals surface area contributed by atoms with Crippen LogP contribution < -0.4 is 0 Å². The van der Waals surface area contributed by atoms with Crippen molar-refractivity contribution in [3.8, 4) is 0 Å². The fourth-order valence-corrected chi connectivity index (χ4v) is 2.52. The zero-order valence-corrected chi connectivity index (χ0v) is 9.67. The van der Waals surface area contributed by atoms with E-state index in [2.05, 4.69) is 24.3 Å². The summed E-state index contributed by atoms with van der Waals surface area (Å²) >= 11 is 0. The maximum atomic E-state index is 11.9. The van der Waals surface area contributed by atoms with Crippen molar-refractivity contribution < 1.29 is 4.79 Å². The van der Waals surface area contributed by atoms with Crippen molar-refractivity contribution >= 4 is 11.5 Å². The Morgan fingerprint density at radius 1 is 1.18 bits per heavy atom. The Kier molecular flexibility index (Phi) is 2.56. The van der Waals surface area contributed by atoms with Gasteiger partial charge in [-0.1, -0.05) is 48.6 Å². The molecule has 0 fully saturated rings. The van der Waals surface area contributed by atoms with Gasteiger partial charge in [-0.2, -0.15) is 0 Å². The number of hydrogen-bond donors (Lipinski definition) is 0. The van der Waals surface area contributed by atoms with Gasteiger partial charge in [-0.05, 0) is 17.6 Å². The summed E-state index contributed by atoms with van der Waals surface area (Å²) in [5.41, 5.74) is 2.50. The molecule has 0 radical (unpaired) electrons. The molecule has 0 aliphatic carbocycles. The van der Waals surface area contributed by atoms with Crippen molar-refractivity contribution in [2.45, 2.75) is 18.9 Å². The van der Waals surface area contributed by atoms with E-state index < -0.39 is 0 Å². The van der Waals surface area contributed by atoms with Gasteiger partial charge in [-0.25, -0.2) is 0 Å². The van der Waals surface area contributed by atoms with Gasteiger partial charge in [-0.3, -0.25) is 4.79 Å². The Bertz CT molecular complexity index is 487. The van der Waals surface area contributed by atoms with Crippen LogP contribution in [-0.4, -0.2) is 23.4 Å². The molecule has 2 heterocycles. The molecule has 0 bridgehead atoms. The summed E-state index contributed by atoms with van der Waals surface area (Å²) in [7, 11) is 0. The second-order valence-electron chi connectivity index (χ2n) is 4.55. The van der Waals surface area contributed by atoms with Crippen molar-refractivity contribution in [3.63, 3.8) is 0 Å². The Balaban J connectivity index is 1.89. The summed E-state index contributed by atoms with van der Waals surface area (Å²) < 4.78 is 0. The molecule has 0 saturated heterocycles. The maximum Gasteiger partial charge on any atom is 0.227 e. The highest BCUT2D eigenvalue weighted by Gasteiger charge is 2.27. The molecule has 0 spiro atoms. The van der Waals surface area contributed by atoms with E-state index in [0.29, 0.717) is 6.42 Å². The van der Waals surface area contributed by atoms with Crippen molar-refractivity contribution in [3.05, 3.63) is 54.1 Å². The van der Waals surface area contributed by atoms with E-state index in [0.717, 1.165) is 13.0 Å². The van der Waals surface area contributed by atoms with E-state index in [9.17, 15) is 4.79 Å². The lowest BCUT2D eigenvalue weighted by Crippen LogP contribution is -2.43. The predicted molar refractivity (Wildman–Crippen MR) is 68.3 cm³/mol. The molecular formula is C15H15NO. The molecule has 1 aromatic rings. The SMILES string of the molecule is O=C1CC=C[C@@H]2CC=C(c3ccccc3)CN12. The summed E-state index contributed by atoms with van der Waals surface area (Å²) in [6, 6.07) is 10.6. The van der Waals surface area contributed by atoms with Gasteiger partial charge < -0.3 is 4.90 Å². The van der Waals surface area contributed by atoms with Gasteiger partial charge in [0.2, 0.25) is 5.91 Å². The van der Waals surface area contributed by atoms with Crippen LogP contribution in [-0.2, 0) is 4.79 Å². The van der Waals surface area contributed by atoms with E-state index in [4.69, 9.17) is 0 Å². The average Bonchev–Trinajstić information content (AvgIpc) is 2.40. The van der Waals surface area contributed by atoms with Crippen LogP contribution in [0, 0.1) is 0 Å². The molecule has 1 aromatic carbocycles. The number of nitrogens with zero attached hydrogens (tertiary/aromatic N) is 1. The Morgan fingerprint density at radius 2 is 2.00 bits per heavy atom. The van der Waals surface area contributed by atoms with Crippen molar-refractivity contribution in [2.75, 3.05) is 6.54 Å². The average molecular weight is 225 g/mol. The van der Waals surface area contributed by atoms with Crippen LogP contribution in [0.2, 0.25) is 0 Å². The number of amides is 1. The fourth-order valence-electron chi connectivity index (χ4n) is 2.52.